The molecule has 0 bridgehead atoms. The normalized spacial score (nSPS) is 11.3. The fourth-order valence-corrected chi connectivity index (χ4v) is 3.09. The maximum atomic E-state index is 4.50. The van der Waals surface area contributed by atoms with Gasteiger partial charge in [-0.05, 0) is 47.5 Å². The summed E-state index contributed by atoms with van der Waals surface area (Å²) in [4.78, 5) is 16.2. The second kappa shape index (κ2) is 5.03. The molecule has 0 aliphatic heterocycles. The number of imidazole rings is 1. The Balaban J connectivity index is 1.75. The van der Waals surface area contributed by atoms with Gasteiger partial charge in [-0.25, -0.2) is 9.97 Å². The van der Waals surface area contributed by atoms with E-state index in [1.165, 1.54) is 0 Å². The number of nitrogens with one attached hydrogen (secondary N) is 1. The quantitative estimate of drug-likeness (QED) is 0.537. The first kappa shape index (κ1) is 13.0. The third-order valence-electron chi connectivity index (χ3n) is 4.24. The van der Waals surface area contributed by atoms with Gasteiger partial charge in [0.15, 0.2) is 0 Å². The highest BCUT2D eigenvalue weighted by atomic mass is 15.1. The van der Waals surface area contributed by atoms with E-state index in [0.29, 0.717) is 0 Å². The molecule has 1 N–H and O–H groups in total. The molecule has 0 spiro atoms. The van der Waals surface area contributed by atoms with Gasteiger partial charge < -0.3 is 4.98 Å². The fourth-order valence-electron chi connectivity index (χ4n) is 3.09. The average Bonchev–Trinajstić information content (AvgIpc) is 3.28. The summed E-state index contributed by atoms with van der Waals surface area (Å²) in [7, 11) is 0. The van der Waals surface area contributed by atoms with Crippen molar-refractivity contribution in [1.82, 2.24) is 24.5 Å². The number of hydrogen-bond acceptors (Lipinski definition) is 3. The first-order valence-electron chi connectivity index (χ1n) is 7.70. The second-order valence-electron chi connectivity index (χ2n) is 5.63. The van der Waals surface area contributed by atoms with Crippen molar-refractivity contribution in [3.05, 3.63) is 73.6 Å². The SMILES string of the molecule is c1cncc(-n2cnc3ccc(-c4ccnc5[nH]ccc45)cc32)c1. The van der Waals surface area contributed by atoms with Crippen LogP contribution in [0.15, 0.2) is 73.6 Å². The first-order valence-corrected chi connectivity index (χ1v) is 7.70. The number of rotatable bonds is 2. The van der Waals surface area contributed by atoms with Gasteiger partial charge in [0.2, 0.25) is 0 Å². The molecule has 4 aromatic heterocycles. The maximum absolute atomic E-state index is 4.50. The zero-order chi connectivity index (χ0) is 15.9. The van der Waals surface area contributed by atoms with E-state index in [2.05, 4.69) is 48.8 Å². The first-order chi connectivity index (χ1) is 11.9. The summed E-state index contributed by atoms with van der Waals surface area (Å²) >= 11 is 0. The van der Waals surface area contributed by atoms with Crippen LogP contribution in [0, 0.1) is 0 Å². The van der Waals surface area contributed by atoms with Crippen molar-refractivity contribution in [1.29, 1.82) is 0 Å². The van der Waals surface area contributed by atoms with E-state index in [1.54, 1.807) is 6.20 Å². The molecule has 1 aromatic carbocycles. The number of H-pyrrole nitrogens is 1. The van der Waals surface area contributed by atoms with Gasteiger partial charge in [-0.3, -0.25) is 9.55 Å². The summed E-state index contributed by atoms with van der Waals surface area (Å²) in [6, 6.07) is 14.4. The summed E-state index contributed by atoms with van der Waals surface area (Å²) in [6.45, 7) is 0. The molecular formula is C19H13N5. The minimum Gasteiger partial charge on any atom is -0.346 e. The molecule has 0 unspecified atom stereocenters. The summed E-state index contributed by atoms with van der Waals surface area (Å²) in [5.74, 6) is 0. The van der Waals surface area contributed by atoms with Gasteiger partial charge in [0.05, 0.1) is 22.9 Å². The number of aromatic nitrogens is 5. The van der Waals surface area contributed by atoms with Crippen LogP contribution in [0.2, 0.25) is 0 Å². The lowest BCUT2D eigenvalue weighted by molar-refractivity contribution is 1.07. The van der Waals surface area contributed by atoms with Crippen LogP contribution in [0.25, 0.3) is 38.9 Å². The van der Waals surface area contributed by atoms with Crippen molar-refractivity contribution in [2.75, 3.05) is 0 Å². The molecule has 5 nitrogen and oxygen atoms in total. The van der Waals surface area contributed by atoms with Gasteiger partial charge in [0.1, 0.15) is 12.0 Å². The van der Waals surface area contributed by atoms with Crippen molar-refractivity contribution in [2.24, 2.45) is 0 Å². The van der Waals surface area contributed by atoms with E-state index in [4.69, 9.17) is 0 Å². The van der Waals surface area contributed by atoms with Gasteiger partial charge in [0.25, 0.3) is 0 Å². The lowest BCUT2D eigenvalue weighted by atomic mass is 10.0. The van der Waals surface area contributed by atoms with E-state index in [-0.39, 0.29) is 0 Å². The van der Waals surface area contributed by atoms with Crippen molar-refractivity contribution in [3.8, 4) is 16.8 Å². The van der Waals surface area contributed by atoms with E-state index < -0.39 is 0 Å². The smallest absolute Gasteiger partial charge is 0.137 e. The summed E-state index contributed by atoms with van der Waals surface area (Å²) < 4.78 is 2.06. The summed E-state index contributed by atoms with van der Waals surface area (Å²) in [5, 5.41) is 1.12. The Hall–Kier alpha value is -3.47. The molecule has 0 amide bonds. The van der Waals surface area contributed by atoms with Crippen molar-refractivity contribution < 1.29 is 0 Å². The van der Waals surface area contributed by atoms with Gasteiger partial charge >= 0.3 is 0 Å². The lowest BCUT2D eigenvalue weighted by Crippen LogP contribution is -1.92. The van der Waals surface area contributed by atoms with Crippen molar-refractivity contribution in [2.45, 2.75) is 0 Å². The predicted molar refractivity (Wildman–Crippen MR) is 94.0 cm³/mol. The number of nitrogens with zero attached hydrogens (tertiary/aromatic N) is 4. The molecule has 5 aromatic rings. The molecule has 5 rings (SSSR count). The molecule has 0 atom stereocenters. The Bertz CT molecular complexity index is 1150. The highest BCUT2D eigenvalue weighted by Crippen LogP contribution is 2.30. The largest absolute Gasteiger partial charge is 0.346 e. The minimum atomic E-state index is 0.897. The highest BCUT2D eigenvalue weighted by Gasteiger charge is 2.09. The van der Waals surface area contributed by atoms with E-state index in [0.717, 1.165) is 38.9 Å². The molecule has 5 heteroatoms. The van der Waals surface area contributed by atoms with Crippen molar-refractivity contribution >= 4 is 22.1 Å². The summed E-state index contributed by atoms with van der Waals surface area (Å²) in [6.07, 6.45) is 9.19. The van der Waals surface area contributed by atoms with Gasteiger partial charge in [-0.2, -0.15) is 0 Å². The monoisotopic (exact) mass is 311 g/mol. The van der Waals surface area contributed by atoms with E-state index in [9.17, 15) is 0 Å². The molecule has 0 fully saturated rings. The lowest BCUT2D eigenvalue weighted by Gasteiger charge is -2.06. The summed E-state index contributed by atoms with van der Waals surface area (Å²) in [5.41, 5.74) is 6.21. The molecule has 0 saturated carbocycles. The van der Waals surface area contributed by atoms with Crippen molar-refractivity contribution in [3.63, 3.8) is 0 Å². The van der Waals surface area contributed by atoms with Crippen LogP contribution in [0.1, 0.15) is 0 Å². The second-order valence-corrected chi connectivity index (χ2v) is 5.63. The van der Waals surface area contributed by atoms with E-state index in [1.807, 2.05) is 43.1 Å². The van der Waals surface area contributed by atoms with Crippen LogP contribution in [0.5, 0.6) is 0 Å². The van der Waals surface area contributed by atoms with Crippen LogP contribution >= 0.6 is 0 Å². The Labute approximate surface area is 137 Å². The fraction of sp³-hybridized carbons (Fsp3) is 0. The number of aromatic amines is 1. The molecule has 4 heterocycles. The third-order valence-corrected chi connectivity index (χ3v) is 4.24. The molecule has 114 valence electrons. The van der Waals surface area contributed by atoms with Crippen LogP contribution in [-0.2, 0) is 0 Å². The van der Waals surface area contributed by atoms with Crippen LogP contribution in [-0.4, -0.2) is 24.5 Å². The molecule has 0 saturated heterocycles. The molecule has 0 aliphatic rings. The zero-order valence-corrected chi connectivity index (χ0v) is 12.7. The highest BCUT2D eigenvalue weighted by molar-refractivity contribution is 5.95. The number of benzene rings is 1. The molecule has 0 radical (unpaired) electrons. The Morgan fingerprint density at radius 1 is 0.958 bits per heavy atom. The minimum absolute atomic E-state index is 0.897. The average molecular weight is 311 g/mol. The predicted octanol–water partition coefficient (Wildman–Crippen LogP) is 3.96. The Morgan fingerprint density at radius 3 is 2.88 bits per heavy atom. The third kappa shape index (κ3) is 1.91. The van der Waals surface area contributed by atoms with Crippen LogP contribution in [0.4, 0.5) is 0 Å². The number of hydrogen-bond donors (Lipinski definition) is 1. The van der Waals surface area contributed by atoms with Gasteiger partial charge in [0, 0.05) is 24.0 Å². The Morgan fingerprint density at radius 2 is 1.96 bits per heavy atom. The van der Waals surface area contributed by atoms with Crippen LogP contribution in [0.3, 0.4) is 0 Å². The van der Waals surface area contributed by atoms with Crippen LogP contribution < -0.4 is 0 Å². The number of pyridine rings is 2. The molecular weight excluding hydrogens is 298 g/mol. The molecule has 0 aliphatic carbocycles. The zero-order valence-electron chi connectivity index (χ0n) is 12.7. The topological polar surface area (TPSA) is 59.4 Å². The Kier molecular flexibility index (Phi) is 2.72. The van der Waals surface area contributed by atoms with Gasteiger partial charge in [-0.1, -0.05) is 6.07 Å². The van der Waals surface area contributed by atoms with Gasteiger partial charge in [-0.15, -0.1) is 0 Å². The molecule has 24 heavy (non-hydrogen) atoms. The number of fused-ring (bicyclic) bond motifs is 2. The van der Waals surface area contributed by atoms with E-state index >= 15 is 0 Å². The standard InChI is InChI=1S/C19H13N5/c1-2-14(11-20-7-1)24-12-23-17-4-3-13(10-18(17)24)15-5-8-21-19-16(15)6-9-22-19/h1-12H,(H,21,22). The maximum Gasteiger partial charge on any atom is 0.137 e.